The Hall–Kier alpha value is -0.890. The molecule has 1 fully saturated rings. The summed E-state index contributed by atoms with van der Waals surface area (Å²) in [5.41, 5.74) is 4.95. The summed E-state index contributed by atoms with van der Waals surface area (Å²) in [5.74, 6) is 0.195. The fraction of sp³-hybridized carbons (Fsp3) is 0.583. The first-order valence-corrected chi connectivity index (χ1v) is 11.2. The van der Waals surface area contributed by atoms with E-state index in [0.29, 0.717) is 11.2 Å². The standard InChI is InChI=1S/C12H18IN5O6P/c1-11(20)9(19)12(2,24-5-25(21,22)23)13-10(11)18-4-17-6-7(14)15-3-16-8(6)18/h3-4,9-10,19-20H,5H2,1-2H3,(H2,14,15,16)(H2,21,22,23)/q-1/t9?,10-,11?,12+/m0/s1. The molecule has 140 valence electrons. The van der Waals surface area contributed by atoms with E-state index in [0.717, 1.165) is 0 Å². The monoisotopic (exact) mass is 486 g/mol. The van der Waals surface area contributed by atoms with Gasteiger partial charge in [-0.15, -0.1) is 0 Å². The average molecular weight is 486 g/mol. The Labute approximate surface area is 152 Å². The number of ether oxygens (including phenoxy) is 1. The van der Waals surface area contributed by atoms with Crippen LogP contribution in [0.3, 0.4) is 0 Å². The molecular formula is C12H18IN5O6P-. The van der Waals surface area contributed by atoms with Crippen molar-refractivity contribution in [2.45, 2.75) is 33.2 Å². The maximum atomic E-state index is 11.1. The van der Waals surface area contributed by atoms with Gasteiger partial charge >= 0.3 is 153 Å². The topological polar surface area (TPSA) is 177 Å². The van der Waals surface area contributed by atoms with Gasteiger partial charge in [0.25, 0.3) is 0 Å². The van der Waals surface area contributed by atoms with Crippen molar-refractivity contribution in [1.29, 1.82) is 0 Å². The van der Waals surface area contributed by atoms with Crippen LogP contribution < -0.4 is 26.9 Å². The number of anilines is 1. The molecule has 2 unspecified atom stereocenters. The minimum absolute atomic E-state index is 0.195. The molecule has 1 aliphatic rings. The molecule has 11 nitrogen and oxygen atoms in total. The van der Waals surface area contributed by atoms with Crippen LogP contribution >= 0.6 is 7.60 Å². The number of nitrogen functional groups attached to an aromatic ring is 1. The number of alkyl halides is 2. The zero-order valence-corrected chi connectivity index (χ0v) is 16.4. The summed E-state index contributed by atoms with van der Waals surface area (Å²) in [7, 11) is -4.41. The van der Waals surface area contributed by atoms with E-state index in [1.54, 1.807) is 4.57 Å². The Morgan fingerprint density at radius 2 is 2.08 bits per heavy atom. The molecule has 6 N–H and O–H groups in total. The van der Waals surface area contributed by atoms with Gasteiger partial charge in [-0.3, -0.25) is 0 Å². The predicted octanol–water partition coefficient (Wildman–Crippen LogP) is -4.01. The van der Waals surface area contributed by atoms with E-state index in [4.69, 9.17) is 20.3 Å². The normalized spacial score (nSPS) is 33.5. The predicted molar refractivity (Wildman–Crippen MR) is 81.8 cm³/mol. The summed E-state index contributed by atoms with van der Waals surface area (Å²) >= 11 is -1.14. The molecule has 1 aliphatic heterocycles. The molecule has 4 atom stereocenters. The molecule has 13 heteroatoms. The first-order chi connectivity index (χ1) is 11.5. The second-order valence-corrected chi connectivity index (χ2v) is 11.6. The molecular weight excluding hydrogens is 468 g/mol. The molecule has 0 aromatic carbocycles. The molecule has 2 aromatic heterocycles. The van der Waals surface area contributed by atoms with Crippen molar-refractivity contribution in [3.05, 3.63) is 12.7 Å². The van der Waals surface area contributed by atoms with E-state index >= 15 is 0 Å². The molecule has 0 spiro atoms. The average Bonchev–Trinajstić information content (AvgIpc) is 3.00. The van der Waals surface area contributed by atoms with Crippen LogP contribution in [0.1, 0.15) is 17.9 Å². The zero-order valence-electron chi connectivity index (χ0n) is 13.3. The van der Waals surface area contributed by atoms with Crippen molar-refractivity contribution < 1.29 is 50.5 Å². The van der Waals surface area contributed by atoms with E-state index in [1.807, 2.05) is 0 Å². The number of imidazole rings is 1. The van der Waals surface area contributed by atoms with E-state index in [9.17, 15) is 14.8 Å². The van der Waals surface area contributed by atoms with E-state index < -0.39 is 54.5 Å². The van der Waals surface area contributed by atoms with Gasteiger partial charge in [-0.1, -0.05) is 0 Å². The molecule has 1 saturated heterocycles. The third-order valence-electron chi connectivity index (χ3n) is 3.99. The summed E-state index contributed by atoms with van der Waals surface area (Å²) in [5, 5.41) is 21.4. The van der Waals surface area contributed by atoms with Crippen LogP contribution in [0.5, 0.6) is 0 Å². The Morgan fingerprint density at radius 1 is 1.40 bits per heavy atom. The maximum absolute atomic E-state index is 11.1. The molecule has 0 amide bonds. The number of fused-ring (bicyclic) bond motifs is 1. The molecule has 0 radical (unpaired) electrons. The van der Waals surface area contributed by atoms with Crippen molar-refractivity contribution in [1.82, 2.24) is 19.5 Å². The summed E-state index contributed by atoms with van der Waals surface area (Å²) in [4.78, 5) is 30.2. The van der Waals surface area contributed by atoms with Gasteiger partial charge in [-0.2, -0.15) is 0 Å². The van der Waals surface area contributed by atoms with Crippen molar-refractivity contribution in [2.75, 3.05) is 12.1 Å². The molecule has 3 heterocycles. The number of aromatic nitrogens is 4. The Bertz CT molecular complexity index is 856. The van der Waals surface area contributed by atoms with Crippen LogP contribution in [0.25, 0.3) is 11.2 Å². The molecule has 3 rings (SSSR count). The number of aliphatic hydroxyl groups is 2. The SMILES string of the molecule is CC1(O)C(O)[C@@](C)(OCP(=O)(O)O)[I-][C@H]1n1cnc2c(N)ncnc21. The third-order valence-corrected chi connectivity index (χ3v) is 9.04. The Kier molecular flexibility index (Phi) is 4.59. The fourth-order valence-corrected chi connectivity index (χ4v) is 7.56. The number of halogens is 1. The van der Waals surface area contributed by atoms with Crippen molar-refractivity contribution in [3.63, 3.8) is 0 Å². The van der Waals surface area contributed by atoms with Crippen LogP contribution in [0, 0.1) is 0 Å². The number of aliphatic hydroxyl groups excluding tert-OH is 1. The van der Waals surface area contributed by atoms with Gasteiger partial charge in [0.2, 0.25) is 0 Å². The minimum atomic E-state index is -4.41. The number of nitrogens with two attached hydrogens (primary N) is 1. The quantitative estimate of drug-likeness (QED) is 0.163. The van der Waals surface area contributed by atoms with E-state index in [-0.39, 0.29) is 5.82 Å². The number of hydrogen-bond acceptors (Lipinski definition) is 8. The second kappa shape index (κ2) is 6.08. The van der Waals surface area contributed by atoms with Gasteiger partial charge in [0.05, 0.1) is 0 Å². The van der Waals surface area contributed by atoms with Crippen LogP contribution in [0.4, 0.5) is 5.82 Å². The molecule has 25 heavy (non-hydrogen) atoms. The molecule has 0 saturated carbocycles. The summed E-state index contributed by atoms with van der Waals surface area (Å²) in [6, 6.07) is 0. The van der Waals surface area contributed by atoms with Crippen molar-refractivity contribution >= 4 is 24.6 Å². The molecule has 2 aromatic rings. The first-order valence-electron chi connectivity index (χ1n) is 7.12. The molecule has 0 aliphatic carbocycles. The van der Waals surface area contributed by atoms with Gasteiger partial charge in [-0.05, 0) is 0 Å². The van der Waals surface area contributed by atoms with E-state index in [1.165, 1.54) is 26.5 Å². The van der Waals surface area contributed by atoms with Gasteiger partial charge in [-0.25, -0.2) is 0 Å². The van der Waals surface area contributed by atoms with E-state index in [2.05, 4.69) is 15.0 Å². The van der Waals surface area contributed by atoms with Crippen molar-refractivity contribution in [3.8, 4) is 0 Å². The second-order valence-electron chi connectivity index (χ2n) is 6.08. The molecule has 0 bridgehead atoms. The summed E-state index contributed by atoms with van der Waals surface area (Å²) in [6.07, 6.45) is 0.553. The van der Waals surface area contributed by atoms with Crippen LogP contribution in [0.15, 0.2) is 12.7 Å². The Morgan fingerprint density at radius 3 is 2.72 bits per heavy atom. The van der Waals surface area contributed by atoms with Crippen LogP contribution in [-0.2, 0) is 9.30 Å². The van der Waals surface area contributed by atoms with Gasteiger partial charge in [0, 0.05) is 0 Å². The van der Waals surface area contributed by atoms with Gasteiger partial charge in [0.15, 0.2) is 0 Å². The van der Waals surface area contributed by atoms with Gasteiger partial charge < -0.3 is 0 Å². The third kappa shape index (κ3) is 3.27. The fourth-order valence-electron chi connectivity index (χ4n) is 2.72. The zero-order chi connectivity index (χ0) is 18.6. The van der Waals surface area contributed by atoms with Crippen LogP contribution in [0.2, 0.25) is 0 Å². The number of rotatable bonds is 4. The Balaban J connectivity index is 1.99. The van der Waals surface area contributed by atoms with Crippen LogP contribution in [-0.4, -0.2) is 61.2 Å². The number of nitrogens with zero attached hydrogens (tertiary/aromatic N) is 4. The first kappa shape index (κ1) is 18.9. The summed E-state index contributed by atoms with van der Waals surface area (Å²) in [6.45, 7) is 2.99. The van der Waals surface area contributed by atoms with Crippen molar-refractivity contribution in [2.24, 2.45) is 0 Å². The van der Waals surface area contributed by atoms with Gasteiger partial charge in [0.1, 0.15) is 0 Å². The summed E-state index contributed by atoms with van der Waals surface area (Å²) < 4.78 is 16.2. The number of hydrogen-bond donors (Lipinski definition) is 5.